The molecule has 0 radical (unpaired) electrons. The van der Waals surface area contributed by atoms with Crippen LogP contribution in [0.15, 0.2) is 84.0 Å². The summed E-state index contributed by atoms with van der Waals surface area (Å²) < 4.78 is 21.9. The lowest BCUT2D eigenvalue weighted by atomic mass is 10.2. The first kappa shape index (κ1) is 24.6. The molecule has 4 bridgehead atoms. The Labute approximate surface area is 199 Å². The smallest absolute Gasteiger partial charge is 0.331 e. The zero-order valence-electron chi connectivity index (χ0n) is 19.4. The summed E-state index contributed by atoms with van der Waals surface area (Å²) in [5.41, 5.74) is 3.47. The average Bonchev–Trinajstić information content (AvgIpc) is 2.84. The first-order valence-electron chi connectivity index (χ1n) is 10.9. The van der Waals surface area contributed by atoms with Crippen LogP contribution in [-0.2, 0) is 19.1 Å². The predicted octanol–water partition coefficient (Wildman–Crippen LogP) is 5.16. The van der Waals surface area contributed by atoms with Crippen molar-refractivity contribution in [3.05, 3.63) is 95.1 Å². The van der Waals surface area contributed by atoms with Gasteiger partial charge in [0.05, 0.1) is 0 Å². The van der Waals surface area contributed by atoms with E-state index in [2.05, 4.69) is 0 Å². The third kappa shape index (κ3) is 8.82. The molecule has 2 aromatic rings. The van der Waals surface area contributed by atoms with Crippen molar-refractivity contribution in [1.82, 2.24) is 0 Å². The van der Waals surface area contributed by atoms with Crippen LogP contribution >= 0.6 is 0 Å². The van der Waals surface area contributed by atoms with E-state index in [9.17, 15) is 9.59 Å². The van der Waals surface area contributed by atoms with Crippen molar-refractivity contribution in [3.63, 3.8) is 0 Å². The number of carbonyl (C=O) groups excluding carboxylic acids is 2. The van der Waals surface area contributed by atoms with Gasteiger partial charge in [-0.3, -0.25) is 0 Å². The van der Waals surface area contributed by atoms with Crippen molar-refractivity contribution in [3.8, 4) is 11.5 Å². The summed E-state index contributed by atoms with van der Waals surface area (Å²) in [7, 11) is 0. The first-order chi connectivity index (χ1) is 16.5. The normalized spacial score (nSPS) is 19.1. The first-order valence-corrected chi connectivity index (χ1v) is 10.9. The fourth-order valence-corrected chi connectivity index (χ4v) is 2.82. The number of benzene rings is 2. The molecule has 34 heavy (non-hydrogen) atoms. The van der Waals surface area contributed by atoms with Gasteiger partial charge in [0.1, 0.15) is 37.9 Å². The van der Waals surface area contributed by atoms with E-state index < -0.39 is 11.9 Å². The molecule has 6 heteroatoms. The second kappa shape index (κ2) is 12.8. The van der Waals surface area contributed by atoms with Crippen LogP contribution in [0.2, 0.25) is 0 Å². The number of esters is 2. The fraction of sp³-hybridized carbons (Fsp3) is 0.214. The van der Waals surface area contributed by atoms with Crippen molar-refractivity contribution in [2.45, 2.75) is 13.8 Å². The molecule has 0 saturated heterocycles. The van der Waals surface area contributed by atoms with Gasteiger partial charge in [0.25, 0.3) is 0 Å². The Morgan fingerprint density at radius 2 is 0.912 bits per heavy atom. The third-order valence-electron chi connectivity index (χ3n) is 4.83. The molecule has 6 rings (SSSR count). The summed E-state index contributed by atoms with van der Waals surface area (Å²) in [6, 6.07) is 14.7. The lowest BCUT2D eigenvalue weighted by molar-refractivity contribution is -0.137. The zero-order chi connectivity index (χ0) is 24.2. The lowest BCUT2D eigenvalue weighted by Crippen LogP contribution is -2.05. The second-order valence-electron chi connectivity index (χ2n) is 7.74. The summed E-state index contributed by atoms with van der Waals surface area (Å²) in [6.45, 7) is 4.82. The van der Waals surface area contributed by atoms with E-state index in [1.54, 1.807) is 12.2 Å². The molecular weight excluding hydrogens is 432 g/mol. The fourth-order valence-electron chi connectivity index (χ4n) is 2.82. The quantitative estimate of drug-likeness (QED) is 0.399. The van der Waals surface area contributed by atoms with Gasteiger partial charge in [0.2, 0.25) is 0 Å². The highest BCUT2D eigenvalue weighted by atomic mass is 16.5. The predicted molar refractivity (Wildman–Crippen MR) is 131 cm³/mol. The van der Waals surface area contributed by atoms with Gasteiger partial charge in [0, 0.05) is 12.2 Å². The zero-order valence-corrected chi connectivity index (χ0v) is 19.4. The minimum atomic E-state index is -0.416. The van der Waals surface area contributed by atoms with Gasteiger partial charge in [-0.1, -0.05) is 24.3 Å². The van der Waals surface area contributed by atoms with Crippen molar-refractivity contribution >= 4 is 24.1 Å². The molecule has 0 unspecified atom stereocenters. The number of carbonyl (C=O) groups is 2. The number of hydrogen-bond donors (Lipinski definition) is 0. The molecule has 4 aliphatic heterocycles. The Morgan fingerprint density at radius 1 is 0.529 bits per heavy atom. The maximum absolute atomic E-state index is 12.0. The largest absolute Gasteiger partial charge is 0.490 e. The van der Waals surface area contributed by atoms with Crippen LogP contribution < -0.4 is 9.47 Å². The molecule has 0 fully saturated rings. The van der Waals surface area contributed by atoms with Crippen LogP contribution in [-0.4, -0.2) is 38.4 Å². The molecule has 0 N–H and O–H groups in total. The minimum Gasteiger partial charge on any atom is -0.490 e. The molecule has 0 aromatic heterocycles. The van der Waals surface area contributed by atoms with Gasteiger partial charge in [-0.05, 0) is 84.7 Å². The van der Waals surface area contributed by atoms with E-state index in [0.717, 1.165) is 22.3 Å². The molecule has 4 heterocycles. The van der Waals surface area contributed by atoms with Gasteiger partial charge in [-0.2, -0.15) is 0 Å². The molecule has 176 valence electrons. The molecule has 0 aliphatic carbocycles. The number of rotatable bonds is 0. The van der Waals surface area contributed by atoms with Gasteiger partial charge in [0.15, 0.2) is 0 Å². The number of ether oxygens (including phenoxy) is 4. The van der Waals surface area contributed by atoms with Crippen molar-refractivity contribution in [1.29, 1.82) is 0 Å². The topological polar surface area (TPSA) is 71.1 Å². The van der Waals surface area contributed by atoms with Gasteiger partial charge < -0.3 is 18.9 Å². The van der Waals surface area contributed by atoms with Crippen LogP contribution in [0.25, 0.3) is 12.2 Å². The van der Waals surface area contributed by atoms with Crippen molar-refractivity contribution in [2.75, 3.05) is 26.4 Å². The van der Waals surface area contributed by atoms with Gasteiger partial charge in [-0.25, -0.2) is 9.59 Å². The Kier molecular flexibility index (Phi) is 9.29. The Hall–Kier alpha value is -4.06. The van der Waals surface area contributed by atoms with Crippen molar-refractivity contribution < 1.29 is 28.5 Å². The second-order valence-corrected chi connectivity index (χ2v) is 7.74. The minimum absolute atomic E-state index is 0.187. The molecule has 0 spiro atoms. The summed E-state index contributed by atoms with van der Waals surface area (Å²) in [4.78, 5) is 24.0. The number of hydrogen-bond acceptors (Lipinski definition) is 6. The molecular formula is C28H28O6. The van der Waals surface area contributed by atoms with E-state index in [1.807, 2.05) is 74.5 Å². The maximum atomic E-state index is 12.0. The summed E-state index contributed by atoms with van der Waals surface area (Å²) in [5, 5.41) is 0. The maximum Gasteiger partial charge on any atom is 0.331 e. The van der Waals surface area contributed by atoms with E-state index in [1.165, 1.54) is 12.2 Å². The molecule has 6 nitrogen and oxygen atoms in total. The van der Waals surface area contributed by atoms with Crippen LogP contribution in [0, 0.1) is 0 Å². The lowest BCUT2D eigenvalue weighted by Gasteiger charge is -2.07. The Bertz CT molecular complexity index is 999. The summed E-state index contributed by atoms with van der Waals surface area (Å²) >= 11 is 0. The highest BCUT2D eigenvalue weighted by Crippen LogP contribution is 2.15. The molecule has 2 aromatic carbocycles. The van der Waals surface area contributed by atoms with E-state index in [0.29, 0.717) is 24.7 Å². The van der Waals surface area contributed by atoms with Crippen LogP contribution in [0.5, 0.6) is 11.5 Å². The van der Waals surface area contributed by atoms with Gasteiger partial charge in [-0.15, -0.1) is 0 Å². The monoisotopic (exact) mass is 460 g/mol. The van der Waals surface area contributed by atoms with Gasteiger partial charge >= 0.3 is 11.9 Å². The van der Waals surface area contributed by atoms with E-state index in [4.69, 9.17) is 18.9 Å². The summed E-state index contributed by atoms with van der Waals surface area (Å²) in [6.07, 6.45) is 9.89. The van der Waals surface area contributed by atoms with E-state index in [-0.39, 0.29) is 13.2 Å². The molecule has 0 saturated carbocycles. The molecule has 0 atom stereocenters. The van der Waals surface area contributed by atoms with Crippen molar-refractivity contribution in [2.24, 2.45) is 0 Å². The Balaban J connectivity index is 1.69. The molecule has 0 amide bonds. The average molecular weight is 461 g/mol. The third-order valence-corrected chi connectivity index (χ3v) is 4.83. The van der Waals surface area contributed by atoms with Crippen LogP contribution in [0.3, 0.4) is 0 Å². The van der Waals surface area contributed by atoms with E-state index >= 15 is 0 Å². The van der Waals surface area contributed by atoms with Crippen LogP contribution in [0.1, 0.15) is 25.0 Å². The Morgan fingerprint density at radius 3 is 1.29 bits per heavy atom. The highest BCUT2D eigenvalue weighted by Gasteiger charge is 2.01. The standard InChI is InChI=1S/C28H28O6/c1-21-15-17-31-25-9-3-24(4-10-25)8-14-28(30)34-20-22(2)16-18-32-26-11-5-23(6-12-26)7-13-27(29)33-19-21/h3-16H,17-20H2,1-2H3/b13-7?,14-8?,21-15-,22-16-. The van der Waals surface area contributed by atoms with Crippen LogP contribution in [0.4, 0.5) is 0 Å². The SMILES string of the molecule is C/C1=C/COc2ccc(cc2)C=CC(=O)OC/C(C)=C\COc2ccc(cc2)C=CC(=O)OC1. The summed E-state index contributed by atoms with van der Waals surface area (Å²) in [5.74, 6) is 0.555. The highest BCUT2D eigenvalue weighted by molar-refractivity contribution is 5.87. The molecule has 4 aliphatic rings.